The molecule has 0 aliphatic heterocycles. The molecule has 0 amide bonds. The van der Waals surface area contributed by atoms with Gasteiger partial charge in [0.2, 0.25) is 11.7 Å². The normalized spacial score (nSPS) is 13.3. The molecule has 1 unspecified atom stereocenters. The van der Waals surface area contributed by atoms with Crippen molar-refractivity contribution < 1.29 is 8.94 Å². The standard InChI is InChI=1S/C21H27N3O2/c1-14(2)19(15-8-10-16(11-9-15)21(3,4)5)22-13-18-23-20(24-26-18)17-7-6-12-25-17/h6-12,14,19,22H,13H2,1-5H3. The Morgan fingerprint density at radius 3 is 2.38 bits per heavy atom. The van der Waals surface area contributed by atoms with E-state index in [1.54, 1.807) is 12.3 Å². The molecule has 0 fully saturated rings. The van der Waals surface area contributed by atoms with Gasteiger partial charge in [0.15, 0.2) is 5.76 Å². The van der Waals surface area contributed by atoms with Crippen LogP contribution < -0.4 is 5.32 Å². The van der Waals surface area contributed by atoms with Crippen molar-refractivity contribution >= 4 is 0 Å². The zero-order valence-electron chi connectivity index (χ0n) is 16.1. The lowest BCUT2D eigenvalue weighted by molar-refractivity contribution is 0.337. The van der Waals surface area contributed by atoms with Gasteiger partial charge >= 0.3 is 0 Å². The second-order valence-electron chi connectivity index (χ2n) is 7.96. The number of hydrogen-bond acceptors (Lipinski definition) is 5. The summed E-state index contributed by atoms with van der Waals surface area (Å²) in [6, 6.07) is 12.7. The van der Waals surface area contributed by atoms with Crippen LogP contribution in [-0.4, -0.2) is 10.1 Å². The van der Waals surface area contributed by atoms with Gasteiger partial charge in [0.05, 0.1) is 12.8 Å². The van der Waals surface area contributed by atoms with Gasteiger partial charge in [-0.05, 0) is 34.6 Å². The van der Waals surface area contributed by atoms with Gasteiger partial charge in [-0.1, -0.05) is 64.0 Å². The first-order chi connectivity index (χ1) is 12.3. The minimum atomic E-state index is 0.158. The molecular formula is C21H27N3O2. The van der Waals surface area contributed by atoms with Crippen LogP contribution in [0.3, 0.4) is 0 Å². The molecule has 2 heterocycles. The molecule has 1 atom stereocenters. The summed E-state index contributed by atoms with van der Waals surface area (Å²) in [5.74, 6) is 2.07. The van der Waals surface area contributed by atoms with E-state index in [4.69, 9.17) is 8.94 Å². The first-order valence-electron chi connectivity index (χ1n) is 9.05. The Kier molecular flexibility index (Phi) is 5.28. The van der Waals surface area contributed by atoms with Crippen LogP contribution in [0.15, 0.2) is 51.6 Å². The van der Waals surface area contributed by atoms with Crippen LogP contribution in [-0.2, 0) is 12.0 Å². The SMILES string of the molecule is CC(C)C(NCc1nc(-c2ccco2)no1)c1ccc(C(C)(C)C)cc1. The molecule has 0 saturated heterocycles. The van der Waals surface area contributed by atoms with Crippen molar-refractivity contribution in [1.29, 1.82) is 0 Å². The first kappa shape index (κ1) is 18.4. The van der Waals surface area contributed by atoms with Crippen LogP contribution in [0.4, 0.5) is 0 Å². The van der Waals surface area contributed by atoms with Crippen molar-refractivity contribution in [2.24, 2.45) is 5.92 Å². The van der Waals surface area contributed by atoms with Crippen LogP contribution >= 0.6 is 0 Å². The third-order valence-corrected chi connectivity index (χ3v) is 4.49. The Labute approximate surface area is 154 Å². The van der Waals surface area contributed by atoms with Gasteiger partial charge < -0.3 is 14.3 Å². The fourth-order valence-corrected chi connectivity index (χ4v) is 2.96. The number of aromatic nitrogens is 2. The summed E-state index contributed by atoms with van der Waals surface area (Å²) in [6.45, 7) is 11.6. The Morgan fingerprint density at radius 1 is 1.08 bits per heavy atom. The van der Waals surface area contributed by atoms with Crippen LogP contribution in [0, 0.1) is 5.92 Å². The van der Waals surface area contributed by atoms with E-state index in [2.05, 4.69) is 74.3 Å². The van der Waals surface area contributed by atoms with Crippen molar-refractivity contribution in [3.05, 3.63) is 59.7 Å². The fraction of sp³-hybridized carbons (Fsp3) is 0.429. The summed E-state index contributed by atoms with van der Waals surface area (Å²) in [5.41, 5.74) is 2.76. The lowest BCUT2D eigenvalue weighted by Gasteiger charge is -2.24. The van der Waals surface area contributed by atoms with Gasteiger partial charge in [-0.25, -0.2) is 0 Å². The maximum atomic E-state index is 5.33. The summed E-state index contributed by atoms with van der Waals surface area (Å²) < 4.78 is 10.6. The summed E-state index contributed by atoms with van der Waals surface area (Å²) >= 11 is 0. The molecule has 26 heavy (non-hydrogen) atoms. The molecule has 3 aromatic rings. The van der Waals surface area contributed by atoms with E-state index in [-0.39, 0.29) is 11.5 Å². The summed E-state index contributed by atoms with van der Waals surface area (Å²) in [7, 11) is 0. The van der Waals surface area contributed by atoms with Crippen LogP contribution in [0.1, 0.15) is 57.7 Å². The van der Waals surface area contributed by atoms with Crippen molar-refractivity contribution in [3.8, 4) is 11.6 Å². The van der Waals surface area contributed by atoms with Gasteiger partial charge in [-0.3, -0.25) is 0 Å². The van der Waals surface area contributed by atoms with Gasteiger partial charge in [0.25, 0.3) is 0 Å². The lowest BCUT2D eigenvalue weighted by Crippen LogP contribution is -2.25. The molecule has 3 rings (SSSR count). The molecule has 5 nitrogen and oxygen atoms in total. The van der Waals surface area contributed by atoms with E-state index < -0.39 is 0 Å². The minimum absolute atomic E-state index is 0.158. The average molecular weight is 353 g/mol. The first-order valence-corrected chi connectivity index (χ1v) is 9.05. The maximum Gasteiger partial charge on any atom is 0.241 e. The van der Waals surface area contributed by atoms with Crippen molar-refractivity contribution in [2.45, 2.75) is 52.6 Å². The molecule has 0 radical (unpaired) electrons. The molecule has 0 bridgehead atoms. The number of nitrogens with zero attached hydrogens (tertiary/aromatic N) is 2. The smallest absolute Gasteiger partial charge is 0.241 e. The third-order valence-electron chi connectivity index (χ3n) is 4.49. The highest BCUT2D eigenvalue weighted by atomic mass is 16.5. The monoisotopic (exact) mass is 353 g/mol. The topological polar surface area (TPSA) is 64.1 Å². The molecule has 0 saturated carbocycles. The average Bonchev–Trinajstić information content (AvgIpc) is 3.25. The van der Waals surface area contributed by atoms with E-state index in [1.807, 2.05) is 6.07 Å². The summed E-state index contributed by atoms with van der Waals surface area (Å²) in [4.78, 5) is 4.39. The van der Waals surface area contributed by atoms with Gasteiger partial charge in [0.1, 0.15) is 0 Å². The molecule has 0 aliphatic rings. The molecule has 1 N–H and O–H groups in total. The molecule has 5 heteroatoms. The van der Waals surface area contributed by atoms with E-state index in [0.29, 0.717) is 29.9 Å². The summed E-state index contributed by atoms with van der Waals surface area (Å²) in [6.07, 6.45) is 1.60. The third kappa shape index (κ3) is 4.22. The van der Waals surface area contributed by atoms with E-state index in [1.165, 1.54) is 11.1 Å². The quantitative estimate of drug-likeness (QED) is 0.667. The van der Waals surface area contributed by atoms with Crippen LogP contribution in [0.5, 0.6) is 0 Å². The van der Waals surface area contributed by atoms with E-state index in [0.717, 1.165) is 0 Å². The van der Waals surface area contributed by atoms with E-state index in [9.17, 15) is 0 Å². The van der Waals surface area contributed by atoms with E-state index >= 15 is 0 Å². The highest BCUT2D eigenvalue weighted by Crippen LogP contribution is 2.27. The molecule has 2 aromatic heterocycles. The maximum absolute atomic E-state index is 5.33. The second-order valence-corrected chi connectivity index (χ2v) is 7.96. The minimum Gasteiger partial charge on any atom is -0.461 e. The Balaban J connectivity index is 1.69. The van der Waals surface area contributed by atoms with Gasteiger partial charge in [0, 0.05) is 6.04 Å². The van der Waals surface area contributed by atoms with Gasteiger partial charge in [-0.2, -0.15) is 4.98 Å². The highest BCUT2D eigenvalue weighted by molar-refractivity contribution is 5.44. The lowest BCUT2D eigenvalue weighted by atomic mass is 9.85. The number of hydrogen-bond donors (Lipinski definition) is 1. The summed E-state index contributed by atoms with van der Waals surface area (Å²) in [5, 5.41) is 7.51. The fourth-order valence-electron chi connectivity index (χ4n) is 2.96. The Bertz CT molecular complexity index is 812. The zero-order chi connectivity index (χ0) is 18.7. The molecule has 138 valence electrons. The molecule has 0 aliphatic carbocycles. The highest BCUT2D eigenvalue weighted by Gasteiger charge is 2.19. The number of nitrogens with one attached hydrogen (secondary N) is 1. The number of benzene rings is 1. The van der Waals surface area contributed by atoms with Crippen LogP contribution in [0.2, 0.25) is 0 Å². The zero-order valence-corrected chi connectivity index (χ0v) is 16.1. The number of furan rings is 1. The predicted octanol–water partition coefficient (Wildman–Crippen LogP) is 5.11. The Hall–Kier alpha value is -2.40. The molecule has 1 aromatic carbocycles. The largest absolute Gasteiger partial charge is 0.461 e. The predicted molar refractivity (Wildman–Crippen MR) is 102 cm³/mol. The van der Waals surface area contributed by atoms with Crippen molar-refractivity contribution in [1.82, 2.24) is 15.5 Å². The van der Waals surface area contributed by atoms with Crippen LogP contribution in [0.25, 0.3) is 11.6 Å². The molecule has 0 spiro atoms. The Morgan fingerprint density at radius 2 is 1.81 bits per heavy atom. The van der Waals surface area contributed by atoms with Crippen molar-refractivity contribution in [3.63, 3.8) is 0 Å². The van der Waals surface area contributed by atoms with Crippen molar-refractivity contribution in [2.75, 3.05) is 0 Å². The van der Waals surface area contributed by atoms with Gasteiger partial charge in [-0.15, -0.1) is 0 Å². The number of rotatable bonds is 6. The molecular weight excluding hydrogens is 326 g/mol. The second kappa shape index (κ2) is 7.46.